The van der Waals surface area contributed by atoms with Crippen LogP contribution in [0.25, 0.3) is 0 Å². The third kappa shape index (κ3) is 8.73. The van der Waals surface area contributed by atoms with Crippen LogP contribution in [0.4, 0.5) is 0 Å². The first-order valence-corrected chi connectivity index (χ1v) is 7.56. The zero-order valence-electron chi connectivity index (χ0n) is 13.3. The van der Waals surface area contributed by atoms with Crippen LogP contribution >= 0.6 is 0 Å². The predicted octanol–water partition coefficient (Wildman–Crippen LogP) is 5.37. The average Bonchev–Trinajstić information content (AvgIpc) is 2.35. The molecule has 0 fully saturated rings. The number of carboxylic acids is 1. The third-order valence-corrected chi connectivity index (χ3v) is 3.73. The molecule has 0 saturated carbocycles. The highest BCUT2D eigenvalue weighted by molar-refractivity contribution is 5.69. The van der Waals surface area contributed by atoms with Crippen molar-refractivity contribution in [2.24, 2.45) is 11.8 Å². The maximum Gasteiger partial charge on any atom is 0.306 e. The molecule has 2 atom stereocenters. The fourth-order valence-electron chi connectivity index (χ4n) is 2.16. The van der Waals surface area contributed by atoms with E-state index in [0.717, 1.165) is 32.1 Å². The first kappa shape index (κ1) is 18.7. The molecule has 0 saturated heterocycles. The molecule has 1 N–H and O–H groups in total. The largest absolute Gasteiger partial charge is 0.481 e. The molecule has 0 aromatic heterocycles. The Labute approximate surface area is 124 Å². The Morgan fingerprint density at radius 1 is 1.15 bits per heavy atom. The first-order chi connectivity index (χ1) is 9.38. The molecular formula is C18H30O2. The van der Waals surface area contributed by atoms with Crippen LogP contribution in [0, 0.1) is 11.8 Å². The highest BCUT2D eigenvalue weighted by atomic mass is 16.4. The summed E-state index contributed by atoms with van der Waals surface area (Å²) in [5, 5.41) is 8.97. The molecule has 0 aliphatic heterocycles. The van der Waals surface area contributed by atoms with Crippen LogP contribution in [0.2, 0.25) is 0 Å². The van der Waals surface area contributed by atoms with Gasteiger partial charge in [-0.2, -0.15) is 0 Å². The lowest BCUT2D eigenvalue weighted by molar-refractivity contribution is -0.142. The number of carbonyl (C=O) groups is 1. The van der Waals surface area contributed by atoms with E-state index in [9.17, 15) is 4.79 Å². The fourth-order valence-corrected chi connectivity index (χ4v) is 2.16. The van der Waals surface area contributed by atoms with Gasteiger partial charge < -0.3 is 5.11 Å². The Balaban J connectivity index is 4.08. The van der Waals surface area contributed by atoms with Crippen LogP contribution in [0.5, 0.6) is 0 Å². The molecule has 0 aliphatic carbocycles. The first-order valence-electron chi connectivity index (χ1n) is 7.56. The van der Waals surface area contributed by atoms with Crippen LogP contribution in [-0.2, 0) is 4.79 Å². The Kier molecular flexibility index (Phi) is 9.79. The molecule has 0 amide bonds. The minimum Gasteiger partial charge on any atom is -0.481 e. The second-order valence-electron chi connectivity index (χ2n) is 5.77. The second-order valence-corrected chi connectivity index (χ2v) is 5.77. The molecule has 114 valence electrons. The van der Waals surface area contributed by atoms with Crippen LogP contribution in [0.15, 0.2) is 36.5 Å². The summed E-state index contributed by atoms with van der Waals surface area (Å²) in [5.41, 5.74) is 2.43. The lowest BCUT2D eigenvalue weighted by atomic mass is 9.91. The van der Waals surface area contributed by atoms with E-state index < -0.39 is 5.97 Å². The normalized spacial score (nSPS) is 14.2. The quantitative estimate of drug-likeness (QED) is 0.516. The van der Waals surface area contributed by atoms with Gasteiger partial charge in [0.05, 0.1) is 5.92 Å². The van der Waals surface area contributed by atoms with Gasteiger partial charge in [-0.05, 0) is 58.3 Å². The summed E-state index contributed by atoms with van der Waals surface area (Å²) in [6, 6.07) is 0. The maximum absolute atomic E-state index is 10.9. The van der Waals surface area contributed by atoms with Crippen molar-refractivity contribution in [2.45, 2.75) is 59.3 Å². The molecule has 0 rings (SSSR count). The summed E-state index contributed by atoms with van der Waals surface area (Å²) in [7, 11) is 0. The molecule has 0 radical (unpaired) electrons. The molecular weight excluding hydrogens is 248 g/mol. The maximum atomic E-state index is 10.9. The molecule has 0 aromatic carbocycles. The lowest BCUT2D eigenvalue weighted by Crippen LogP contribution is -2.11. The predicted molar refractivity (Wildman–Crippen MR) is 86.8 cm³/mol. The van der Waals surface area contributed by atoms with E-state index in [1.54, 1.807) is 0 Å². The number of carboxylic acid groups (broad SMARTS) is 1. The van der Waals surface area contributed by atoms with Gasteiger partial charge in [0.1, 0.15) is 0 Å². The Morgan fingerprint density at radius 2 is 1.80 bits per heavy atom. The van der Waals surface area contributed by atoms with Gasteiger partial charge in [0.25, 0.3) is 0 Å². The summed E-state index contributed by atoms with van der Waals surface area (Å²) in [6.45, 7) is 14.1. The number of rotatable bonds is 11. The minimum atomic E-state index is -0.679. The van der Waals surface area contributed by atoms with E-state index in [1.807, 2.05) is 6.92 Å². The number of allylic oxidation sites excluding steroid dienone is 4. The molecule has 2 nitrogen and oxygen atoms in total. The van der Waals surface area contributed by atoms with E-state index in [4.69, 9.17) is 5.11 Å². The van der Waals surface area contributed by atoms with Crippen LogP contribution in [0.1, 0.15) is 59.3 Å². The Bertz CT molecular complexity index is 352. The molecule has 0 aliphatic rings. The van der Waals surface area contributed by atoms with E-state index >= 15 is 0 Å². The fraction of sp³-hybridized carbons (Fsp3) is 0.611. The van der Waals surface area contributed by atoms with E-state index in [-0.39, 0.29) is 5.92 Å². The summed E-state index contributed by atoms with van der Waals surface area (Å²) < 4.78 is 0. The standard InChI is InChI=1S/C18H30O2/c1-6-16(18(19)20)10-8-7-9-11-17(15(4)5)13-12-14(2)3/h7,9,16-17H,2,4,6,8,10-13H2,1,3,5H3,(H,19,20)/t16?,17-/m0/s1. The van der Waals surface area contributed by atoms with Gasteiger partial charge in [-0.3, -0.25) is 4.79 Å². The Morgan fingerprint density at radius 3 is 2.25 bits per heavy atom. The monoisotopic (exact) mass is 278 g/mol. The van der Waals surface area contributed by atoms with Crippen LogP contribution in [0.3, 0.4) is 0 Å². The van der Waals surface area contributed by atoms with Crippen molar-refractivity contribution in [2.75, 3.05) is 0 Å². The molecule has 0 aromatic rings. The molecule has 0 spiro atoms. The zero-order valence-corrected chi connectivity index (χ0v) is 13.3. The van der Waals surface area contributed by atoms with Crippen molar-refractivity contribution in [3.8, 4) is 0 Å². The minimum absolute atomic E-state index is 0.208. The zero-order chi connectivity index (χ0) is 15.5. The molecule has 0 heterocycles. The van der Waals surface area contributed by atoms with Crippen molar-refractivity contribution in [1.29, 1.82) is 0 Å². The second kappa shape index (κ2) is 10.5. The third-order valence-electron chi connectivity index (χ3n) is 3.73. The Hall–Kier alpha value is -1.31. The number of hydrogen-bond acceptors (Lipinski definition) is 1. The SMILES string of the molecule is C=C(C)CC[C@H](CC=CCCC(CC)C(=O)O)C(=C)C. The van der Waals surface area contributed by atoms with Gasteiger partial charge in [0.2, 0.25) is 0 Å². The van der Waals surface area contributed by atoms with Gasteiger partial charge >= 0.3 is 5.97 Å². The van der Waals surface area contributed by atoms with Gasteiger partial charge in [0, 0.05) is 0 Å². The smallest absolute Gasteiger partial charge is 0.306 e. The van der Waals surface area contributed by atoms with E-state index in [2.05, 4.69) is 39.2 Å². The highest BCUT2D eigenvalue weighted by Gasteiger charge is 2.13. The van der Waals surface area contributed by atoms with Crippen LogP contribution in [-0.4, -0.2) is 11.1 Å². The van der Waals surface area contributed by atoms with E-state index in [1.165, 1.54) is 11.1 Å². The van der Waals surface area contributed by atoms with Crippen molar-refractivity contribution in [1.82, 2.24) is 0 Å². The summed E-state index contributed by atoms with van der Waals surface area (Å²) in [6.07, 6.45) is 9.70. The highest BCUT2D eigenvalue weighted by Crippen LogP contribution is 2.22. The molecule has 0 bridgehead atoms. The molecule has 2 heteroatoms. The van der Waals surface area contributed by atoms with Gasteiger partial charge in [0.15, 0.2) is 0 Å². The van der Waals surface area contributed by atoms with Gasteiger partial charge in [-0.1, -0.05) is 36.8 Å². The summed E-state index contributed by atoms with van der Waals surface area (Å²) in [5.74, 6) is -0.383. The van der Waals surface area contributed by atoms with Gasteiger partial charge in [-0.15, -0.1) is 6.58 Å². The summed E-state index contributed by atoms with van der Waals surface area (Å²) in [4.78, 5) is 10.9. The van der Waals surface area contributed by atoms with Gasteiger partial charge in [-0.25, -0.2) is 0 Å². The molecule has 20 heavy (non-hydrogen) atoms. The van der Waals surface area contributed by atoms with E-state index in [0.29, 0.717) is 12.3 Å². The van der Waals surface area contributed by atoms with Crippen molar-refractivity contribution >= 4 is 5.97 Å². The molecule has 1 unspecified atom stereocenters. The van der Waals surface area contributed by atoms with Crippen molar-refractivity contribution < 1.29 is 9.90 Å². The van der Waals surface area contributed by atoms with Crippen molar-refractivity contribution in [3.63, 3.8) is 0 Å². The number of hydrogen-bond donors (Lipinski definition) is 1. The summed E-state index contributed by atoms with van der Waals surface area (Å²) >= 11 is 0. The van der Waals surface area contributed by atoms with Crippen molar-refractivity contribution in [3.05, 3.63) is 36.5 Å². The lowest BCUT2D eigenvalue weighted by Gasteiger charge is -2.15. The average molecular weight is 278 g/mol. The number of aliphatic carboxylic acids is 1. The topological polar surface area (TPSA) is 37.3 Å². The van der Waals surface area contributed by atoms with Crippen LogP contribution < -0.4 is 0 Å².